The van der Waals surface area contributed by atoms with Gasteiger partial charge in [0.2, 0.25) is 6.10 Å². The van der Waals surface area contributed by atoms with Gasteiger partial charge in [-0.25, -0.2) is 0 Å². The van der Waals surface area contributed by atoms with Crippen molar-refractivity contribution in [1.29, 1.82) is 0 Å². The molecule has 7 heteroatoms. The second-order valence-electron chi connectivity index (χ2n) is 3.34. The van der Waals surface area contributed by atoms with E-state index < -0.39 is 12.0 Å². The van der Waals surface area contributed by atoms with Crippen LogP contribution in [-0.2, 0) is 4.79 Å². The van der Waals surface area contributed by atoms with Crippen LogP contribution in [0.2, 0.25) is 0 Å². The Kier molecular flexibility index (Phi) is 3.29. The molecule has 0 aromatic heterocycles. The van der Waals surface area contributed by atoms with Gasteiger partial charge in [0.25, 0.3) is 5.91 Å². The molecule has 1 aliphatic rings. The SMILES string of the molecule is NC(=S)NNC(=O)[C@H]1COc2ccccc2O1. The molecule has 0 spiro atoms. The molecule has 0 saturated heterocycles. The van der Waals surface area contributed by atoms with Gasteiger partial charge in [0.1, 0.15) is 6.61 Å². The molecule has 90 valence electrons. The van der Waals surface area contributed by atoms with Crippen LogP contribution in [0, 0.1) is 0 Å². The number of nitrogens with one attached hydrogen (secondary N) is 2. The highest BCUT2D eigenvalue weighted by atomic mass is 32.1. The molecule has 4 N–H and O–H groups in total. The van der Waals surface area contributed by atoms with Crippen LogP contribution in [0.1, 0.15) is 0 Å². The average molecular weight is 253 g/mol. The van der Waals surface area contributed by atoms with E-state index in [0.717, 1.165) is 0 Å². The predicted octanol–water partition coefficient (Wildman–Crippen LogP) is -0.309. The van der Waals surface area contributed by atoms with Crippen molar-refractivity contribution in [1.82, 2.24) is 10.9 Å². The zero-order chi connectivity index (χ0) is 12.3. The van der Waals surface area contributed by atoms with Crippen LogP contribution in [0.15, 0.2) is 24.3 Å². The molecule has 1 aromatic carbocycles. The number of nitrogens with two attached hydrogens (primary N) is 1. The Balaban J connectivity index is 1.97. The summed E-state index contributed by atoms with van der Waals surface area (Å²) in [5, 5.41) is -0.0181. The van der Waals surface area contributed by atoms with Crippen LogP contribution in [0.5, 0.6) is 11.5 Å². The molecule has 6 nitrogen and oxygen atoms in total. The van der Waals surface area contributed by atoms with Gasteiger partial charge >= 0.3 is 0 Å². The van der Waals surface area contributed by atoms with E-state index >= 15 is 0 Å². The maximum absolute atomic E-state index is 11.6. The number of fused-ring (bicyclic) bond motifs is 1. The number of ether oxygens (including phenoxy) is 2. The first-order valence-corrected chi connectivity index (χ1v) is 5.31. The van der Waals surface area contributed by atoms with E-state index in [1.165, 1.54) is 0 Å². The summed E-state index contributed by atoms with van der Waals surface area (Å²) in [5.74, 6) is 0.764. The van der Waals surface area contributed by atoms with E-state index in [9.17, 15) is 4.79 Å². The van der Waals surface area contributed by atoms with Gasteiger partial charge in [0.15, 0.2) is 16.6 Å². The second-order valence-corrected chi connectivity index (χ2v) is 3.78. The molecular weight excluding hydrogens is 242 g/mol. The summed E-state index contributed by atoms with van der Waals surface area (Å²) in [4.78, 5) is 11.6. The van der Waals surface area contributed by atoms with Crippen LogP contribution in [0.25, 0.3) is 0 Å². The summed E-state index contributed by atoms with van der Waals surface area (Å²) in [6.07, 6.45) is -0.730. The molecule has 0 aliphatic carbocycles. The van der Waals surface area contributed by atoms with E-state index in [1.807, 2.05) is 6.07 Å². The third-order valence-electron chi connectivity index (χ3n) is 2.11. The van der Waals surface area contributed by atoms with E-state index in [2.05, 4.69) is 23.1 Å². The fourth-order valence-corrected chi connectivity index (χ4v) is 1.40. The van der Waals surface area contributed by atoms with Crippen molar-refractivity contribution in [2.75, 3.05) is 6.61 Å². The first-order chi connectivity index (χ1) is 8.16. The maximum atomic E-state index is 11.6. The number of carbonyl (C=O) groups is 1. The highest BCUT2D eigenvalue weighted by Crippen LogP contribution is 2.30. The molecule has 1 aliphatic heterocycles. The number of amides is 1. The van der Waals surface area contributed by atoms with E-state index in [-0.39, 0.29) is 11.7 Å². The molecule has 17 heavy (non-hydrogen) atoms. The quantitative estimate of drug-likeness (QED) is 0.470. The number of hydrogen-bond acceptors (Lipinski definition) is 4. The average Bonchev–Trinajstić information content (AvgIpc) is 2.35. The Bertz CT molecular complexity index is 452. The van der Waals surface area contributed by atoms with Gasteiger partial charge in [-0.05, 0) is 24.4 Å². The molecule has 0 unspecified atom stereocenters. The Morgan fingerprint density at radius 2 is 2.06 bits per heavy atom. The van der Waals surface area contributed by atoms with Gasteiger partial charge in [0, 0.05) is 0 Å². The maximum Gasteiger partial charge on any atom is 0.283 e. The molecule has 1 amide bonds. The topological polar surface area (TPSA) is 85.6 Å². The van der Waals surface area contributed by atoms with Crippen molar-refractivity contribution in [2.45, 2.75) is 6.10 Å². The van der Waals surface area contributed by atoms with Crippen LogP contribution < -0.4 is 26.1 Å². The van der Waals surface area contributed by atoms with Crippen LogP contribution >= 0.6 is 12.2 Å². The second kappa shape index (κ2) is 4.88. The van der Waals surface area contributed by atoms with Gasteiger partial charge in [-0.2, -0.15) is 0 Å². The van der Waals surface area contributed by atoms with Crippen LogP contribution in [0.4, 0.5) is 0 Å². The number of rotatable bonds is 1. The fourth-order valence-electron chi connectivity index (χ4n) is 1.35. The van der Waals surface area contributed by atoms with Gasteiger partial charge in [-0.1, -0.05) is 12.1 Å². The standard InChI is InChI=1S/C10H11N3O3S/c11-10(17)13-12-9(14)8-5-15-6-3-1-2-4-7(6)16-8/h1-4,8H,5H2,(H,12,14)(H3,11,13,17)/t8-/m1/s1. The molecule has 0 radical (unpaired) electrons. The van der Waals surface area contributed by atoms with Crippen molar-refractivity contribution >= 4 is 23.2 Å². The highest BCUT2D eigenvalue weighted by molar-refractivity contribution is 7.80. The molecule has 1 heterocycles. The van der Waals surface area contributed by atoms with Gasteiger partial charge in [-0.3, -0.25) is 15.6 Å². The Morgan fingerprint density at radius 1 is 1.35 bits per heavy atom. The minimum atomic E-state index is -0.730. The normalized spacial score (nSPS) is 17.1. The van der Waals surface area contributed by atoms with Crippen molar-refractivity contribution in [3.8, 4) is 11.5 Å². The summed E-state index contributed by atoms with van der Waals surface area (Å²) < 4.78 is 10.9. The number of benzene rings is 1. The first-order valence-electron chi connectivity index (χ1n) is 4.90. The monoisotopic (exact) mass is 253 g/mol. The van der Waals surface area contributed by atoms with Crippen molar-refractivity contribution < 1.29 is 14.3 Å². The molecule has 0 bridgehead atoms. The first kappa shape index (κ1) is 11.5. The summed E-state index contributed by atoms with van der Waals surface area (Å²) in [6.45, 7) is 0.141. The zero-order valence-electron chi connectivity index (χ0n) is 8.80. The minimum absolute atomic E-state index is 0.0181. The van der Waals surface area contributed by atoms with Gasteiger partial charge in [-0.15, -0.1) is 0 Å². The van der Waals surface area contributed by atoms with E-state index in [1.54, 1.807) is 18.2 Å². The Hall–Kier alpha value is -2.02. The Morgan fingerprint density at radius 3 is 2.76 bits per heavy atom. The number of para-hydroxylation sites is 2. The molecule has 1 atom stereocenters. The summed E-state index contributed by atoms with van der Waals surface area (Å²) in [7, 11) is 0. The highest BCUT2D eigenvalue weighted by Gasteiger charge is 2.27. The lowest BCUT2D eigenvalue weighted by Crippen LogP contribution is -2.52. The lowest BCUT2D eigenvalue weighted by atomic mass is 10.2. The lowest BCUT2D eigenvalue weighted by molar-refractivity contribution is -0.130. The number of hydrazine groups is 1. The third-order valence-corrected chi connectivity index (χ3v) is 2.21. The smallest absolute Gasteiger partial charge is 0.283 e. The number of hydrogen-bond donors (Lipinski definition) is 3. The van der Waals surface area contributed by atoms with Crippen LogP contribution in [-0.4, -0.2) is 23.7 Å². The molecule has 0 saturated carbocycles. The molecule has 0 fully saturated rings. The number of thiocarbonyl (C=S) groups is 1. The lowest BCUT2D eigenvalue weighted by Gasteiger charge is -2.25. The molecular formula is C10H11N3O3S. The van der Waals surface area contributed by atoms with Crippen molar-refractivity contribution in [3.63, 3.8) is 0 Å². The zero-order valence-corrected chi connectivity index (χ0v) is 9.62. The fraction of sp³-hybridized carbons (Fsp3) is 0.200. The van der Waals surface area contributed by atoms with E-state index in [4.69, 9.17) is 15.2 Å². The summed E-state index contributed by atoms with van der Waals surface area (Å²) in [5.41, 5.74) is 9.84. The van der Waals surface area contributed by atoms with Crippen molar-refractivity contribution in [3.05, 3.63) is 24.3 Å². The molecule has 2 rings (SSSR count). The summed E-state index contributed by atoms with van der Waals surface area (Å²) in [6, 6.07) is 7.14. The van der Waals surface area contributed by atoms with Crippen LogP contribution in [0.3, 0.4) is 0 Å². The largest absolute Gasteiger partial charge is 0.485 e. The number of carbonyl (C=O) groups excluding carboxylic acids is 1. The van der Waals surface area contributed by atoms with Crippen molar-refractivity contribution in [2.24, 2.45) is 5.73 Å². The Labute approximate surface area is 103 Å². The third kappa shape index (κ3) is 2.76. The van der Waals surface area contributed by atoms with E-state index in [0.29, 0.717) is 11.5 Å². The van der Waals surface area contributed by atoms with Gasteiger partial charge in [0.05, 0.1) is 0 Å². The molecule has 1 aromatic rings. The minimum Gasteiger partial charge on any atom is -0.485 e. The summed E-state index contributed by atoms with van der Waals surface area (Å²) >= 11 is 4.56. The van der Waals surface area contributed by atoms with Gasteiger partial charge < -0.3 is 15.2 Å². The predicted molar refractivity (Wildman–Crippen MR) is 64.4 cm³/mol.